The van der Waals surface area contributed by atoms with Gasteiger partial charge in [0, 0.05) is 6.54 Å². The summed E-state index contributed by atoms with van der Waals surface area (Å²) in [7, 11) is 0. The summed E-state index contributed by atoms with van der Waals surface area (Å²) < 4.78 is 0. The Balaban J connectivity index is 2.36. The van der Waals surface area contributed by atoms with E-state index < -0.39 is 0 Å². The van der Waals surface area contributed by atoms with Crippen molar-refractivity contribution in [3.63, 3.8) is 0 Å². The van der Waals surface area contributed by atoms with Crippen molar-refractivity contribution in [1.29, 1.82) is 0 Å². The quantitative estimate of drug-likeness (QED) is 0.529. The number of nitrogens with zero attached hydrogens (tertiary/aromatic N) is 1. The van der Waals surface area contributed by atoms with E-state index in [1.165, 1.54) is 0 Å². The molecule has 0 saturated carbocycles. The van der Waals surface area contributed by atoms with Crippen molar-refractivity contribution >= 4 is 6.34 Å². The highest BCUT2D eigenvalue weighted by Gasteiger charge is 2.12. The molecule has 8 heavy (non-hydrogen) atoms. The molecule has 1 atom stereocenters. The first-order valence-corrected chi connectivity index (χ1v) is 3.05. The first kappa shape index (κ1) is 5.60. The van der Waals surface area contributed by atoms with E-state index in [1.54, 1.807) is 6.34 Å². The van der Waals surface area contributed by atoms with Crippen LogP contribution in [-0.2, 0) is 0 Å². The normalized spacial score (nSPS) is 26.6. The highest BCUT2D eigenvalue weighted by molar-refractivity contribution is 5.57. The van der Waals surface area contributed by atoms with Gasteiger partial charge in [-0.3, -0.25) is 4.99 Å². The first-order valence-electron chi connectivity index (χ1n) is 3.05. The second kappa shape index (κ2) is 2.16. The summed E-state index contributed by atoms with van der Waals surface area (Å²) in [5.41, 5.74) is 0. The van der Waals surface area contributed by atoms with Crippen LogP contribution in [0.15, 0.2) is 4.99 Å². The van der Waals surface area contributed by atoms with Gasteiger partial charge in [-0.25, -0.2) is 0 Å². The molecule has 1 unspecified atom stereocenters. The molecule has 46 valence electrons. The minimum Gasteiger partial charge on any atom is -0.374 e. The topological polar surface area (TPSA) is 24.4 Å². The van der Waals surface area contributed by atoms with Crippen molar-refractivity contribution in [2.24, 2.45) is 10.9 Å². The highest BCUT2D eigenvalue weighted by Crippen LogP contribution is 2.06. The van der Waals surface area contributed by atoms with Gasteiger partial charge < -0.3 is 5.32 Å². The molecule has 0 saturated heterocycles. The van der Waals surface area contributed by atoms with Gasteiger partial charge in [0.05, 0.1) is 12.4 Å². The van der Waals surface area contributed by atoms with Crippen molar-refractivity contribution in [3.8, 4) is 0 Å². The fraction of sp³-hybridized carbons (Fsp3) is 0.833. The lowest BCUT2D eigenvalue weighted by Gasteiger charge is -2.08. The van der Waals surface area contributed by atoms with Gasteiger partial charge in [-0.15, -0.1) is 0 Å². The van der Waals surface area contributed by atoms with Crippen LogP contribution < -0.4 is 5.32 Å². The highest BCUT2D eigenvalue weighted by atomic mass is 15.0. The summed E-state index contributed by atoms with van der Waals surface area (Å²) in [5.74, 6) is 0.682. The Labute approximate surface area is 50.0 Å². The van der Waals surface area contributed by atoms with Crippen molar-refractivity contribution in [2.45, 2.75) is 19.9 Å². The van der Waals surface area contributed by atoms with Crippen LogP contribution >= 0.6 is 0 Å². The van der Waals surface area contributed by atoms with Crippen LogP contribution in [0.5, 0.6) is 0 Å². The van der Waals surface area contributed by atoms with Gasteiger partial charge in [0.15, 0.2) is 0 Å². The molecule has 0 bridgehead atoms. The second-order valence-corrected chi connectivity index (χ2v) is 2.50. The predicted molar refractivity (Wildman–Crippen MR) is 35.1 cm³/mol. The molecule has 1 rings (SSSR count). The van der Waals surface area contributed by atoms with Crippen molar-refractivity contribution in [1.82, 2.24) is 5.32 Å². The Bertz CT molecular complexity index is 96.7. The zero-order valence-electron chi connectivity index (χ0n) is 5.39. The Morgan fingerprint density at radius 3 is 2.75 bits per heavy atom. The molecule has 0 aromatic carbocycles. The van der Waals surface area contributed by atoms with Crippen molar-refractivity contribution < 1.29 is 0 Å². The summed E-state index contributed by atoms with van der Waals surface area (Å²) in [6.07, 6.45) is 1.80. The molecule has 1 aliphatic heterocycles. The third-order valence-corrected chi connectivity index (χ3v) is 1.45. The maximum atomic E-state index is 4.20. The molecule has 1 aliphatic rings. The van der Waals surface area contributed by atoms with Gasteiger partial charge in [0.25, 0.3) is 0 Å². The minimum absolute atomic E-state index is 0.523. The van der Waals surface area contributed by atoms with E-state index in [0.717, 1.165) is 6.54 Å². The van der Waals surface area contributed by atoms with E-state index in [1.807, 2.05) is 0 Å². The summed E-state index contributed by atoms with van der Waals surface area (Å²) in [6.45, 7) is 5.40. The lowest BCUT2D eigenvalue weighted by molar-refractivity contribution is 0.512. The molecule has 0 aromatic heterocycles. The zero-order valence-corrected chi connectivity index (χ0v) is 5.39. The largest absolute Gasteiger partial charge is 0.374 e. The number of hydrogen-bond acceptors (Lipinski definition) is 2. The fourth-order valence-corrected chi connectivity index (χ4v) is 0.782. The number of aliphatic imine (C=N–C) groups is 1. The molecule has 2 nitrogen and oxygen atoms in total. The third-order valence-electron chi connectivity index (χ3n) is 1.45. The Morgan fingerprint density at radius 2 is 2.50 bits per heavy atom. The molecule has 0 spiro atoms. The molecule has 1 N–H and O–H groups in total. The lowest BCUT2D eigenvalue weighted by Crippen LogP contribution is -2.19. The monoisotopic (exact) mass is 112 g/mol. The number of rotatable bonds is 1. The van der Waals surface area contributed by atoms with E-state index in [-0.39, 0.29) is 0 Å². The summed E-state index contributed by atoms with van der Waals surface area (Å²) in [5, 5.41) is 3.06. The fourth-order valence-electron chi connectivity index (χ4n) is 0.782. The number of hydrogen-bond donors (Lipinski definition) is 1. The Kier molecular flexibility index (Phi) is 1.51. The van der Waals surface area contributed by atoms with Gasteiger partial charge >= 0.3 is 0 Å². The van der Waals surface area contributed by atoms with Crippen LogP contribution in [0.3, 0.4) is 0 Å². The van der Waals surface area contributed by atoms with Crippen molar-refractivity contribution in [2.75, 3.05) is 6.54 Å². The summed E-state index contributed by atoms with van der Waals surface area (Å²) >= 11 is 0. The molecule has 0 fully saturated rings. The van der Waals surface area contributed by atoms with Gasteiger partial charge in [-0.05, 0) is 5.92 Å². The maximum Gasteiger partial charge on any atom is 0.0828 e. The molecule has 0 amide bonds. The SMILES string of the molecule is CC(C)C1CNC=N1. The molecule has 0 radical (unpaired) electrons. The van der Waals surface area contributed by atoms with E-state index in [0.29, 0.717) is 12.0 Å². The molecule has 1 heterocycles. The Hall–Kier alpha value is -0.530. The Morgan fingerprint density at radius 1 is 1.75 bits per heavy atom. The average molecular weight is 112 g/mol. The van der Waals surface area contributed by atoms with Gasteiger partial charge in [-0.1, -0.05) is 13.8 Å². The molecular formula is C6H12N2. The van der Waals surface area contributed by atoms with Crippen LogP contribution in [0, 0.1) is 5.92 Å². The van der Waals surface area contributed by atoms with Crippen LogP contribution in [0.1, 0.15) is 13.8 Å². The van der Waals surface area contributed by atoms with E-state index >= 15 is 0 Å². The molecule has 0 aromatic rings. The number of nitrogens with one attached hydrogen (secondary N) is 1. The van der Waals surface area contributed by atoms with Crippen LogP contribution in [0.25, 0.3) is 0 Å². The van der Waals surface area contributed by atoms with Gasteiger partial charge in [0.1, 0.15) is 0 Å². The van der Waals surface area contributed by atoms with Crippen LogP contribution in [0.2, 0.25) is 0 Å². The first-order chi connectivity index (χ1) is 3.80. The third kappa shape index (κ3) is 0.997. The maximum absolute atomic E-state index is 4.20. The smallest absolute Gasteiger partial charge is 0.0828 e. The van der Waals surface area contributed by atoms with Crippen LogP contribution in [0.4, 0.5) is 0 Å². The van der Waals surface area contributed by atoms with Crippen molar-refractivity contribution in [3.05, 3.63) is 0 Å². The van der Waals surface area contributed by atoms with E-state index in [4.69, 9.17) is 0 Å². The van der Waals surface area contributed by atoms with E-state index in [2.05, 4.69) is 24.2 Å². The average Bonchev–Trinajstić information content (AvgIpc) is 2.12. The molecule has 0 aliphatic carbocycles. The van der Waals surface area contributed by atoms with Crippen LogP contribution in [-0.4, -0.2) is 18.9 Å². The lowest BCUT2D eigenvalue weighted by atomic mass is 10.1. The molecule has 2 heteroatoms. The standard InChI is InChI=1S/C6H12N2/c1-5(2)6-3-7-4-8-6/h4-6H,3H2,1-2H3,(H,7,8). The summed E-state index contributed by atoms with van der Waals surface area (Å²) in [4.78, 5) is 4.20. The van der Waals surface area contributed by atoms with Gasteiger partial charge in [-0.2, -0.15) is 0 Å². The minimum atomic E-state index is 0.523. The zero-order chi connectivity index (χ0) is 5.98. The van der Waals surface area contributed by atoms with E-state index in [9.17, 15) is 0 Å². The molecular weight excluding hydrogens is 100 g/mol. The summed E-state index contributed by atoms with van der Waals surface area (Å²) in [6, 6.07) is 0.523. The second-order valence-electron chi connectivity index (χ2n) is 2.50. The predicted octanol–water partition coefficient (Wildman–Crippen LogP) is 0.643. The van der Waals surface area contributed by atoms with Gasteiger partial charge in [0.2, 0.25) is 0 Å².